The molecular weight excluding hydrogens is 196 g/mol. The zero-order valence-corrected chi connectivity index (χ0v) is 8.95. The van der Waals surface area contributed by atoms with Gasteiger partial charge in [0.25, 0.3) is 0 Å². The zero-order chi connectivity index (χ0) is 10.1. The number of nitrogens with two attached hydrogens (primary N) is 1. The number of nitrogens with zero attached hydrogens (tertiary/aromatic N) is 3. The molecule has 0 aliphatic heterocycles. The minimum Gasteiger partial charge on any atom is -0.369 e. The summed E-state index contributed by atoms with van der Waals surface area (Å²) >= 11 is 1.63. The van der Waals surface area contributed by atoms with Gasteiger partial charge in [-0.1, -0.05) is 0 Å². The molecule has 0 spiro atoms. The summed E-state index contributed by atoms with van der Waals surface area (Å²) in [5.74, 6) is 0.546. The molecule has 2 aromatic rings. The summed E-state index contributed by atoms with van der Waals surface area (Å²) in [6, 6.07) is 0.163. The van der Waals surface area contributed by atoms with Crippen molar-refractivity contribution >= 4 is 17.3 Å². The lowest BCUT2D eigenvalue weighted by Gasteiger charge is -2.10. The SMILES string of the molecule is Cc1cn(C(C)c2nccs2)c(N)n1. The summed E-state index contributed by atoms with van der Waals surface area (Å²) in [7, 11) is 0. The highest BCUT2D eigenvalue weighted by molar-refractivity contribution is 7.09. The molecule has 0 fully saturated rings. The van der Waals surface area contributed by atoms with Gasteiger partial charge in [0.2, 0.25) is 5.95 Å². The Labute approximate surface area is 86.4 Å². The van der Waals surface area contributed by atoms with Crippen molar-refractivity contribution in [2.24, 2.45) is 0 Å². The molecule has 0 saturated heterocycles. The number of hydrogen-bond acceptors (Lipinski definition) is 4. The minimum atomic E-state index is 0.163. The lowest BCUT2D eigenvalue weighted by Crippen LogP contribution is -2.08. The average molecular weight is 208 g/mol. The first-order valence-corrected chi connectivity index (χ1v) is 5.27. The van der Waals surface area contributed by atoms with Crippen LogP contribution in [0.15, 0.2) is 17.8 Å². The van der Waals surface area contributed by atoms with Gasteiger partial charge in [-0.3, -0.25) is 0 Å². The van der Waals surface area contributed by atoms with Crippen molar-refractivity contribution < 1.29 is 0 Å². The van der Waals surface area contributed by atoms with E-state index in [-0.39, 0.29) is 6.04 Å². The maximum Gasteiger partial charge on any atom is 0.201 e. The molecule has 2 heterocycles. The van der Waals surface area contributed by atoms with Gasteiger partial charge in [0, 0.05) is 17.8 Å². The van der Waals surface area contributed by atoms with Gasteiger partial charge in [-0.25, -0.2) is 9.97 Å². The number of thiazole rings is 1. The van der Waals surface area contributed by atoms with Crippen molar-refractivity contribution in [2.45, 2.75) is 19.9 Å². The van der Waals surface area contributed by atoms with E-state index in [0.29, 0.717) is 5.95 Å². The number of aryl methyl sites for hydroxylation is 1. The van der Waals surface area contributed by atoms with Gasteiger partial charge in [-0.15, -0.1) is 11.3 Å². The number of rotatable bonds is 2. The molecule has 74 valence electrons. The molecule has 4 nitrogen and oxygen atoms in total. The first-order valence-electron chi connectivity index (χ1n) is 4.39. The Morgan fingerprint density at radius 1 is 1.57 bits per heavy atom. The molecule has 2 N–H and O–H groups in total. The molecule has 0 aliphatic carbocycles. The van der Waals surface area contributed by atoms with Crippen LogP contribution in [0.3, 0.4) is 0 Å². The van der Waals surface area contributed by atoms with E-state index in [1.165, 1.54) is 0 Å². The second-order valence-corrected chi connectivity index (χ2v) is 4.12. The van der Waals surface area contributed by atoms with Crippen molar-refractivity contribution in [2.75, 3.05) is 5.73 Å². The smallest absolute Gasteiger partial charge is 0.201 e. The largest absolute Gasteiger partial charge is 0.369 e. The molecule has 5 heteroatoms. The molecular formula is C9H12N4S. The average Bonchev–Trinajstić information content (AvgIpc) is 2.73. The van der Waals surface area contributed by atoms with Crippen LogP contribution < -0.4 is 5.73 Å². The molecule has 1 unspecified atom stereocenters. The quantitative estimate of drug-likeness (QED) is 0.819. The molecule has 1 atom stereocenters. The van der Waals surface area contributed by atoms with Gasteiger partial charge in [0.05, 0.1) is 11.7 Å². The second-order valence-electron chi connectivity index (χ2n) is 3.19. The molecule has 0 aromatic carbocycles. The standard InChI is InChI=1S/C9H12N4S/c1-6-5-13(9(10)12-6)7(2)8-11-3-4-14-8/h3-5,7H,1-2H3,(H2,10,12). The normalized spacial score (nSPS) is 13.0. The molecule has 0 amide bonds. The summed E-state index contributed by atoms with van der Waals surface area (Å²) < 4.78 is 1.94. The van der Waals surface area contributed by atoms with Crippen molar-refractivity contribution in [3.8, 4) is 0 Å². The molecule has 14 heavy (non-hydrogen) atoms. The number of anilines is 1. The lowest BCUT2D eigenvalue weighted by molar-refractivity contribution is 0.643. The van der Waals surface area contributed by atoms with E-state index in [1.54, 1.807) is 17.5 Å². The van der Waals surface area contributed by atoms with Crippen LogP contribution in [0.5, 0.6) is 0 Å². The third kappa shape index (κ3) is 1.50. The van der Waals surface area contributed by atoms with Crippen LogP contribution in [0.4, 0.5) is 5.95 Å². The number of nitrogen functional groups attached to an aromatic ring is 1. The third-order valence-electron chi connectivity index (χ3n) is 2.11. The van der Waals surface area contributed by atoms with E-state index in [1.807, 2.05) is 23.1 Å². The van der Waals surface area contributed by atoms with E-state index >= 15 is 0 Å². The minimum absolute atomic E-state index is 0.163. The summed E-state index contributed by atoms with van der Waals surface area (Å²) in [5, 5.41) is 3.01. The fraction of sp³-hybridized carbons (Fsp3) is 0.333. The van der Waals surface area contributed by atoms with Gasteiger partial charge in [0.15, 0.2) is 0 Å². The Morgan fingerprint density at radius 2 is 2.36 bits per heavy atom. The summed E-state index contributed by atoms with van der Waals surface area (Å²) in [6.45, 7) is 4.00. The maximum atomic E-state index is 5.78. The topological polar surface area (TPSA) is 56.7 Å². The number of hydrogen-bond donors (Lipinski definition) is 1. The predicted molar refractivity (Wildman–Crippen MR) is 57.3 cm³/mol. The fourth-order valence-corrected chi connectivity index (χ4v) is 2.10. The van der Waals surface area contributed by atoms with Crippen LogP contribution in [0, 0.1) is 6.92 Å². The Kier molecular flexibility index (Phi) is 2.25. The molecule has 2 rings (SSSR count). The summed E-state index contributed by atoms with van der Waals surface area (Å²) in [4.78, 5) is 8.42. The Hall–Kier alpha value is -1.36. The van der Waals surface area contributed by atoms with Gasteiger partial charge in [-0.2, -0.15) is 0 Å². The summed E-state index contributed by atoms with van der Waals surface area (Å²) in [6.07, 6.45) is 3.75. The molecule has 0 aliphatic rings. The first kappa shape index (κ1) is 9.21. The van der Waals surface area contributed by atoms with Crippen LogP contribution in [-0.2, 0) is 0 Å². The highest BCUT2D eigenvalue weighted by atomic mass is 32.1. The van der Waals surface area contributed by atoms with Gasteiger partial charge in [0.1, 0.15) is 5.01 Å². The van der Waals surface area contributed by atoms with E-state index in [2.05, 4.69) is 16.9 Å². The van der Waals surface area contributed by atoms with Gasteiger partial charge >= 0.3 is 0 Å². The fourth-order valence-electron chi connectivity index (χ4n) is 1.40. The van der Waals surface area contributed by atoms with E-state index in [0.717, 1.165) is 10.7 Å². The van der Waals surface area contributed by atoms with E-state index < -0.39 is 0 Å². The van der Waals surface area contributed by atoms with E-state index in [9.17, 15) is 0 Å². The van der Waals surface area contributed by atoms with Crippen LogP contribution in [-0.4, -0.2) is 14.5 Å². The summed E-state index contributed by atoms with van der Waals surface area (Å²) in [5.41, 5.74) is 6.71. The molecule has 0 radical (unpaired) electrons. The predicted octanol–water partition coefficient (Wildman–Crippen LogP) is 1.84. The Morgan fingerprint density at radius 3 is 2.86 bits per heavy atom. The number of aromatic nitrogens is 3. The monoisotopic (exact) mass is 208 g/mol. The van der Waals surface area contributed by atoms with Crippen molar-refractivity contribution in [3.63, 3.8) is 0 Å². The molecule has 0 bridgehead atoms. The van der Waals surface area contributed by atoms with Crippen molar-refractivity contribution in [1.82, 2.24) is 14.5 Å². The van der Waals surface area contributed by atoms with Crippen LogP contribution in [0.2, 0.25) is 0 Å². The van der Waals surface area contributed by atoms with Crippen LogP contribution >= 0.6 is 11.3 Å². The lowest BCUT2D eigenvalue weighted by atomic mass is 10.3. The highest BCUT2D eigenvalue weighted by Gasteiger charge is 2.13. The second kappa shape index (κ2) is 3.42. The first-order chi connectivity index (χ1) is 6.68. The van der Waals surface area contributed by atoms with Crippen LogP contribution in [0.1, 0.15) is 23.7 Å². The van der Waals surface area contributed by atoms with Gasteiger partial charge in [-0.05, 0) is 13.8 Å². The van der Waals surface area contributed by atoms with Crippen LogP contribution in [0.25, 0.3) is 0 Å². The van der Waals surface area contributed by atoms with Crippen molar-refractivity contribution in [3.05, 3.63) is 28.5 Å². The third-order valence-corrected chi connectivity index (χ3v) is 3.05. The van der Waals surface area contributed by atoms with Gasteiger partial charge < -0.3 is 10.3 Å². The maximum absolute atomic E-state index is 5.78. The zero-order valence-electron chi connectivity index (χ0n) is 8.14. The number of imidazole rings is 1. The van der Waals surface area contributed by atoms with E-state index in [4.69, 9.17) is 5.73 Å². The Balaban J connectivity index is 2.36. The highest BCUT2D eigenvalue weighted by Crippen LogP contribution is 2.22. The van der Waals surface area contributed by atoms with Crippen molar-refractivity contribution in [1.29, 1.82) is 0 Å². The molecule has 2 aromatic heterocycles. The Bertz CT molecular complexity index is 418. The molecule has 0 saturated carbocycles.